The van der Waals surface area contributed by atoms with Crippen molar-refractivity contribution in [1.82, 2.24) is 0 Å². The van der Waals surface area contributed by atoms with Crippen molar-refractivity contribution >= 4 is 0 Å². The van der Waals surface area contributed by atoms with E-state index in [0.29, 0.717) is 12.0 Å². The van der Waals surface area contributed by atoms with Crippen LogP contribution in [0.15, 0.2) is 12.2 Å². The van der Waals surface area contributed by atoms with Crippen LogP contribution < -0.4 is 0 Å². The molecule has 3 unspecified atom stereocenters. The van der Waals surface area contributed by atoms with Crippen LogP contribution in [-0.2, 0) is 4.74 Å². The molecule has 0 spiro atoms. The Hall–Kier alpha value is 1.10. The van der Waals surface area contributed by atoms with Crippen molar-refractivity contribution in [1.29, 1.82) is 0 Å². The fraction of sp³-hybridized carbons (Fsp3) is 0.714. The van der Waals surface area contributed by atoms with Gasteiger partial charge >= 0.3 is 0 Å². The number of aliphatic hydroxyl groups excluding tert-OH is 1. The average Bonchev–Trinajstić information content (AvgIpc) is 2.45. The van der Waals surface area contributed by atoms with Gasteiger partial charge in [-0.05, 0) is 6.42 Å². The summed E-state index contributed by atoms with van der Waals surface area (Å²) in [5.41, 5.74) is 0. The second kappa shape index (κ2) is 3.67. The van der Waals surface area contributed by atoms with E-state index >= 15 is 0 Å². The zero-order chi connectivity index (χ0) is 6.27. The first-order chi connectivity index (χ1) is 4.40. The van der Waals surface area contributed by atoms with Crippen LogP contribution in [0.1, 0.15) is 6.42 Å². The molecule has 2 bridgehead atoms. The van der Waals surface area contributed by atoms with Gasteiger partial charge in [0, 0.05) is 56.6 Å². The maximum absolute atomic E-state index is 8.77. The van der Waals surface area contributed by atoms with Gasteiger partial charge in [0.15, 0.2) is 0 Å². The van der Waals surface area contributed by atoms with Gasteiger partial charge in [0.05, 0.1) is 12.2 Å². The molecule has 3 atom stereocenters. The predicted molar refractivity (Wildman–Crippen MR) is 33.0 cm³/mol. The second-order valence-corrected chi connectivity index (χ2v) is 2.70. The number of aliphatic hydroxyl groups is 1. The van der Waals surface area contributed by atoms with Gasteiger partial charge in [-0.25, -0.2) is 0 Å². The summed E-state index contributed by atoms with van der Waals surface area (Å²) in [7, 11) is 0. The quantitative estimate of drug-likeness (QED) is 0.689. The molecular formula is C7H10AcO2. The van der Waals surface area contributed by atoms with Crippen molar-refractivity contribution in [2.75, 3.05) is 6.61 Å². The fourth-order valence-electron chi connectivity index (χ4n) is 1.54. The first-order valence-corrected chi connectivity index (χ1v) is 3.35. The third kappa shape index (κ3) is 1.48. The summed E-state index contributed by atoms with van der Waals surface area (Å²) in [5.74, 6) is 0.375. The molecule has 1 N–H and O–H groups in total. The van der Waals surface area contributed by atoms with E-state index in [1.54, 1.807) is 0 Å². The van der Waals surface area contributed by atoms with Gasteiger partial charge in [-0.3, -0.25) is 0 Å². The molecule has 2 nitrogen and oxygen atoms in total. The monoisotopic (exact) mass is 353 g/mol. The van der Waals surface area contributed by atoms with Crippen LogP contribution in [0.5, 0.6) is 0 Å². The van der Waals surface area contributed by atoms with E-state index < -0.39 is 0 Å². The minimum atomic E-state index is 0. The normalized spacial score (nSPS) is 41.9. The Morgan fingerprint density at radius 1 is 1.50 bits per heavy atom. The summed E-state index contributed by atoms with van der Waals surface area (Å²) in [6.07, 6.45) is 5.68. The van der Waals surface area contributed by atoms with Crippen molar-refractivity contribution in [3.8, 4) is 0 Å². The molecule has 2 aliphatic rings. The third-order valence-electron chi connectivity index (χ3n) is 2.08. The van der Waals surface area contributed by atoms with E-state index in [-0.39, 0.29) is 56.8 Å². The Bertz CT molecular complexity index is 147. The SMILES string of the molecule is OCC1CC2C=CC1O2.[Ac]. The summed E-state index contributed by atoms with van der Waals surface area (Å²) >= 11 is 0. The molecule has 1 fully saturated rings. The largest absolute Gasteiger partial charge is 0.396 e. The topological polar surface area (TPSA) is 29.5 Å². The van der Waals surface area contributed by atoms with E-state index in [4.69, 9.17) is 9.84 Å². The van der Waals surface area contributed by atoms with Crippen molar-refractivity contribution < 1.29 is 53.9 Å². The summed E-state index contributed by atoms with van der Waals surface area (Å²) in [6.45, 7) is 0.269. The zero-order valence-electron chi connectivity index (χ0n) is 5.73. The Morgan fingerprint density at radius 3 is 2.60 bits per heavy atom. The van der Waals surface area contributed by atoms with Crippen LogP contribution in [0, 0.1) is 50.0 Å². The zero-order valence-corrected chi connectivity index (χ0v) is 10.5. The minimum absolute atomic E-state index is 0. The van der Waals surface area contributed by atoms with E-state index in [2.05, 4.69) is 12.2 Å². The smallest absolute Gasteiger partial charge is 0.0815 e. The molecule has 0 aromatic rings. The molecule has 1 saturated heterocycles. The van der Waals surface area contributed by atoms with Crippen molar-refractivity contribution in [3.05, 3.63) is 12.2 Å². The van der Waals surface area contributed by atoms with Crippen molar-refractivity contribution in [2.24, 2.45) is 5.92 Å². The van der Waals surface area contributed by atoms with E-state index in [9.17, 15) is 0 Å². The molecule has 0 aromatic heterocycles. The van der Waals surface area contributed by atoms with Crippen LogP contribution in [-0.4, -0.2) is 23.9 Å². The average molecular weight is 353 g/mol. The van der Waals surface area contributed by atoms with Gasteiger partial charge < -0.3 is 9.84 Å². The van der Waals surface area contributed by atoms with Gasteiger partial charge in [-0.2, -0.15) is 0 Å². The number of hydrogen-bond acceptors (Lipinski definition) is 2. The molecule has 53 valence electrons. The van der Waals surface area contributed by atoms with Crippen molar-refractivity contribution in [2.45, 2.75) is 18.6 Å². The number of hydrogen-bond donors (Lipinski definition) is 1. The van der Waals surface area contributed by atoms with Crippen LogP contribution in [0.4, 0.5) is 0 Å². The number of ether oxygens (including phenoxy) is 1. The molecule has 10 heavy (non-hydrogen) atoms. The number of fused-ring (bicyclic) bond motifs is 2. The van der Waals surface area contributed by atoms with Gasteiger partial charge in [0.25, 0.3) is 0 Å². The van der Waals surface area contributed by atoms with Crippen LogP contribution in [0.2, 0.25) is 0 Å². The van der Waals surface area contributed by atoms with Crippen LogP contribution in [0.25, 0.3) is 0 Å². The summed E-state index contributed by atoms with van der Waals surface area (Å²) in [5, 5.41) is 8.77. The standard InChI is InChI=1S/C7H10O2.Ac/c8-4-5-3-6-1-2-7(5)9-6;/h1-2,5-8H,3-4H2;. The maximum atomic E-state index is 8.77. The summed E-state index contributed by atoms with van der Waals surface area (Å²) in [4.78, 5) is 0. The second-order valence-electron chi connectivity index (χ2n) is 2.70. The van der Waals surface area contributed by atoms with Gasteiger partial charge in [0.1, 0.15) is 0 Å². The Balaban J connectivity index is 0.000000500. The molecule has 2 rings (SSSR count). The van der Waals surface area contributed by atoms with Gasteiger partial charge in [0.2, 0.25) is 0 Å². The first kappa shape index (κ1) is 9.19. The Morgan fingerprint density at radius 2 is 2.30 bits per heavy atom. The molecule has 0 amide bonds. The first-order valence-electron chi connectivity index (χ1n) is 3.35. The third-order valence-corrected chi connectivity index (χ3v) is 2.08. The molecule has 0 aliphatic carbocycles. The molecular weight excluding hydrogens is 343 g/mol. The summed E-state index contributed by atoms with van der Waals surface area (Å²) < 4.78 is 5.40. The van der Waals surface area contributed by atoms with E-state index in [0.717, 1.165) is 6.42 Å². The van der Waals surface area contributed by atoms with E-state index in [1.165, 1.54) is 0 Å². The molecule has 3 heteroatoms. The molecule has 0 saturated carbocycles. The van der Waals surface area contributed by atoms with Crippen LogP contribution in [0.3, 0.4) is 0 Å². The van der Waals surface area contributed by atoms with E-state index in [1.807, 2.05) is 0 Å². The maximum Gasteiger partial charge on any atom is 0.0815 e. The Labute approximate surface area is 96.2 Å². The van der Waals surface area contributed by atoms with Crippen LogP contribution >= 0.6 is 0 Å². The number of rotatable bonds is 1. The summed E-state index contributed by atoms with van der Waals surface area (Å²) in [6, 6.07) is 0. The van der Waals surface area contributed by atoms with Crippen molar-refractivity contribution in [3.63, 3.8) is 0 Å². The van der Waals surface area contributed by atoms with Gasteiger partial charge in [-0.1, -0.05) is 12.2 Å². The molecule has 2 aliphatic heterocycles. The fourth-order valence-corrected chi connectivity index (χ4v) is 1.54. The molecule has 2 heterocycles. The molecule has 1 radical (unpaired) electrons. The molecule has 0 aromatic carbocycles. The predicted octanol–water partition coefficient (Wildman–Crippen LogP) is 0.322. The minimum Gasteiger partial charge on any atom is -0.396 e. The van der Waals surface area contributed by atoms with Gasteiger partial charge in [-0.15, -0.1) is 0 Å². The Kier molecular flexibility index (Phi) is 3.37.